The molecule has 0 bridgehead atoms. The Hall–Kier alpha value is -2.08. The number of methoxy groups -OCH3 is 1. The second-order valence-corrected chi connectivity index (χ2v) is 6.18. The van der Waals surface area contributed by atoms with Gasteiger partial charge in [-0.05, 0) is 39.0 Å². The number of hydrogen-bond acceptors (Lipinski definition) is 4. The van der Waals surface area contributed by atoms with Crippen LogP contribution in [0.3, 0.4) is 0 Å². The van der Waals surface area contributed by atoms with Crippen molar-refractivity contribution in [1.29, 1.82) is 0 Å². The van der Waals surface area contributed by atoms with E-state index in [-0.39, 0.29) is 6.42 Å². The summed E-state index contributed by atoms with van der Waals surface area (Å²) < 4.78 is 4.54. The fraction of sp³-hybridized carbons (Fsp3) is 0.438. The Morgan fingerprint density at radius 2 is 1.91 bits per heavy atom. The van der Waals surface area contributed by atoms with Crippen molar-refractivity contribution < 1.29 is 19.1 Å². The first-order valence-corrected chi connectivity index (χ1v) is 7.49. The summed E-state index contributed by atoms with van der Waals surface area (Å²) in [6, 6.07) is 6.21. The van der Waals surface area contributed by atoms with Gasteiger partial charge in [-0.2, -0.15) is 0 Å². The highest BCUT2D eigenvalue weighted by Gasteiger charge is 2.36. The van der Waals surface area contributed by atoms with Crippen molar-refractivity contribution in [2.45, 2.75) is 33.2 Å². The molecule has 23 heavy (non-hydrogen) atoms. The molecule has 0 fully saturated rings. The summed E-state index contributed by atoms with van der Waals surface area (Å²) in [5.74, 6) is -1.38. The van der Waals surface area contributed by atoms with E-state index in [4.69, 9.17) is 11.6 Å². The lowest BCUT2D eigenvalue weighted by atomic mass is 9.90. The molecule has 0 aliphatic heterocycles. The van der Waals surface area contributed by atoms with Crippen LogP contribution in [0.25, 0.3) is 0 Å². The Balaban J connectivity index is 2.70. The quantitative estimate of drug-likeness (QED) is 0.615. The highest BCUT2D eigenvalue weighted by Crippen LogP contribution is 2.21. The van der Waals surface area contributed by atoms with Crippen LogP contribution >= 0.6 is 11.6 Å². The molecular formula is C16H21ClN2O4. The van der Waals surface area contributed by atoms with E-state index in [0.717, 1.165) is 0 Å². The molecule has 7 heteroatoms. The second kappa shape index (κ2) is 7.97. The molecule has 0 heterocycles. The molecule has 0 aliphatic carbocycles. The smallest absolute Gasteiger partial charge is 0.307 e. The van der Waals surface area contributed by atoms with Gasteiger partial charge in [-0.25, -0.2) is 0 Å². The minimum absolute atomic E-state index is 0.0359. The molecule has 0 spiro atoms. The summed E-state index contributed by atoms with van der Waals surface area (Å²) in [5, 5.41) is 5.77. The van der Waals surface area contributed by atoms with E-state index in [1.54, 1.807) is 31.2 Å². The van der Waals surface area contributed by atoms with Crippen LogP contribution in [0.15, 0.2) is 24.3 Å². The van der Waals surface area contributed by atoms with Crippen LogP contribution in [-0.4, -0.2) is 30.9 Å². The largest absolute Gasteiger partial charge is 0.469 e. The highest BCUT2D eigenvalue weighted by molar-refractivity contribution is 6.31. The van der Waals surface area contributed by atoms with Crippen molar-refractivity contribution in [3.8, 4) is 0 Å². The van der Waals surface area contributed by atoms with Crippen molar-refractivity contribution in [3.05, 3.63) is 29.3 Å². The first kappa shape index (κ1) is 19.0. The molecule has 0 aliphatic rings. The number of ether oxygens (including phenoxy) is 1. The van der Waals surface area contributed by atoms with Gasteiger partial charge in [0.2, 0.25) is 11.8 Å². The van der Waals surface area contributed by atoms with Gasteiger partial charge < -0.3 is 15.4 Å². The Bertz CT molecular complexity index is 601. The summed E-state index contributed by atoms with van der Waals surface area (Å²) >= 11 is 5.86. The van der Waals surface area contributed by atoms with Gasteiger partial charge >= 0.3 is 5.97 Å². The average Bonchev–Trinajstić information content (AvgIpc) is 2.46. The standard InChI is InChI=1S/C16H21ClN2O4/c1-10(8-13(20)23-4)18-14(21)16(2,3)15(22)19-12-7-5-6-11(17)9-12/h5-7,9-10H,8H2,1-4H3,(H,18,21)(H,19,22). The zero-order valence-electron chi connectivity index (χ0n) is 13.6. The van der Waals surface area contributed by atoms with Crippen LogP contribution in [-0.2, 0) is 19.1 Å². The molecular weight excluding hydrogens is 320 g/mol. The molecule has 1 aromatic carbocycles. The zero-order valence-corrected chi connectivity index (χ0v) is 14.4. The Morgan fingerprint density at radius 1 is 1.26 bits per heavy atom. The number of halogens is 1. The molecule has 1 aromatic rings. The first-order chi connectivity index (χ1) is 10.7. The third kappa shape index (κ3) is 5.56. The summed E-state index contributed by atoms with van der Waals surface area (Å²) in [7, 11) is 1.28. The Morgan fingerprint density at radius 3 is 2.48 bits per heavy atom. The number of amides is 2. The maximum atomic E-state index is 12.3. The van der Waals surface area contributed by atoms with Crippen LogP contribution in [0.4, 0.5) is 5.69 Å². The molecule has 2 N–H and O–H groups in total. The van der Waals surface area contributed by atoms with Gasteiger partial charge in [0.15, 0.2) is 0 Å². The number of carbonyl (C=O) groups is 3. The van der Waals surface area contributed by atoms with Crippen molar-refractivity contribution >= 4 is 35.1 Å². The van der Waals surface area contributed by atoms with Gasteiger partial charge in [-0.3, -0.25) is 14.4 Å². The molecule has 0 saturated heterocycles. The molecule has 1 unspecified atom stereocenters. The third-order valence-electron chi connectivity index (χ3n) is 3.30. The summed E-state index contributed by atoms with van der Waals surface area (Å²) in [6.45, 7) is 4.68. The van der Waals surface area contributed by atoms with Gasteiger partial charge in [-0.1, -0.05) is 17.7 Å². The molecule has 2 amide bonds. The van der Waals surface area contributed by atoms with Crippen molar-refractivity contribution in [2.75, 3.05) is 12.4 Å². The lowest BCUT2D eigenvalue weighted by Gasteiger charge is -2.25. The van der Waals surface area contributed by atoms with E-state index >= 15 is 0 Å². The lowest BCUT2D eigenvalue weighted by molar-refractivity contribution is -0.141. The second-order valence-electron chi connectivity index (χ2n) is 5.74. The van der Waals surface area contributed by atoms with Crippen LogP contribution in [0, 0.1) is 5.41 Å². The van der Waals surface area contributed by atoms with Crippen molar-refractivity contribution in [1.82, 2.24) is 5.32 Å². The topological polar surface area (TPSA) is 84.5 Å². The fourth-order valence-electron chi connectivity index (χ4n) is 1.75. The lowest BCUT2D eigenvalue weighted by Crippen LogP contribution is -2.48. The number of rotatable bonds is 6. The van der Waals surface area contributed by atoms with Crippen LogP contribution < -0.4 is 10.6 Å². The van der Waals surface area contributed by atoms with E-state index in [2.05, 4.69) is 15.4 Å². The van der Waals surface area contributed by atoms with Crippen LogP contribution in [0.2, 0.25) is 5.02 Å². The average molecular weight is 341 g/mol. The SMILES string of the molecule is COC(=O)CC(C)NC(=O)C(C)(C)C(=O)Nc1cccc(Cl)c1. The maximum absolute atomic E-state index is 12.3. The third-order valence-corrected chi connectivity index (χ3v) is 3.53. The molecule has 0 saturated carbocycles. The number of hydrogen-bond donors (Lipinski definition) is 2. The van der Waals surface area contributed by atoms with Gasteiger partial charge in [0.05, 0.1) is 13.5 Å². The molecule has 0 aromatic heterocycles. The number of carbonyl (C=O) groups excluding carboxylic acids is 3. The summed E-state index contributed by atoms with van der Waals surface area (Å²) in [6.07, 6.45) is 0.0359. The summed E-state index contributed by atoms with van der Waals surface area (Å²) in [4.78, 5) is 35.8. The molecule has 126 valence electrons. The number of esters is 1. The van der Waals surface area contributed by atoms with E-state index in [0.29, 0.717) is 10.7 Å². The van der Waals surface area contributed by atoms with Crippen molar-refractivity contribution in [2.24, 2.45) is 5.41 Å². The fourth-order valence-corrected chi connectivity index (χ4v) is 1.94. The monoisotopic (exact) mass is 340 g/mol. The van der Waals surface area contributed by atoms with Gasteiger partial charge in [0, 0.05) is 16.8 Å². The van der Waals surface area contributed by atoms with Crippen LogP contribution in [0.5, 0.6) is 0 Å². The minimum atomic E-state index is -1.31. The first-order valence-electron chi connectivity index (χ1n) is 7.11. The van der Waals surface area contributed by atoms with E-state index in [9.17, 15) is 14.4 Å². The van der Waals surface area contributed by atoms with Gasteiger partial charge in [0.25, 0.3) is 0 Å². The maximum Gasteiger partial charge on any atom is 0.307 e. The molecule has 6 nitrogen and oxygen atoms in total. The molecule has 0 radical (unpaired) electrons. The Labute approximate surface area is 140 Å². The summed E-state index contributed by atoms with van der Waals surface area (Å²) in [5.41, 5.74) is -0.807. The van der Waals surface area contributed by atoms with Crippen molar-refractivity contribution in [3.63, 3.8) is 0 Å². The minimum Gasteiger partial charge on any atom is -0.469 e. The highest BCUT2D eigenvalue weighted by atomic mass is 35.5. The zero-order chi connectivity index (χ0) is 17.6. The Kier molecular flexibility index (Phi) is 6.57. The predicted octanol–water partition coefficient (Wildman–Crippen LogP) is 2.37. The normalized spacial score (nSPS) is 12.2. The van der Waals surface area contributed by atoms with Gasteiger partial charge in [0.1, 0.15) is 5.41 Å². The van der Waals surface area contributed by atoms with E-state index in [1.165, 1.54) is 21.0 Å². The van der Waals surface area contributed by atoms with Crippen LogP contribution in [0.1, 0.15) is 27.2 Å². The molecule has 1 atom stereocenters. The predicted molar refractivity (Wildman–Crippen MR) is 88.1 cm³/mol. The van der Waals surface area contributed by atoms with E-state index in [1.807, 2.05) is 0 Å². The number of benzene rings is 1. The molecule has 1 rings (SSSR count). The number of anilines is 1. The number of nitrogens with one attached hydrogen (secondary N) is 2. The van der Waals surface area contributed by atoms with Gasteiger partial charge in [-0.15, -0.1) is 0 Å². The van der Waals surface area contributed by atoms with E-state index < -0.39 is 29.2 Å².